The van der Waals surface area contributed by atoms with E-state index in [1.54, 1.807) is 26.0 Å². The van der Waals surface area contributed by atoms with Crippen LogP contribution in [0.3, 0.4) is 0 Å². The molecule has 1 unspecified atom stereocenters. The minimum Gasteiger partial charge on any atom is -0.504 e. The summed E-state index contributed by atoms with van der Waals surface area (Å²) in [6, 6.07) is 5.92. The third kappa shape index (κ3) is 5.08. The quantitative estimate of drug-likeness (QED) is 0.172. The highest BCUT2D eigenvalue weighted by Gasteiger charge is 2.61. The normalized spacial score (nSPS) is 29.0. The molecule has 7 atom stereocenters. The maximum Gasteiger partial charge on any atom is 0.308 e. The highest BCUT2D eigenvalue weighted by Crippen LogP contribution is 2.64. The van der Waals surface area contributed by atoms with E-state index in [1.807, 2.05) is 39.1 Å². The fourth-order valence-electron chi connectivity index (χ4n) is 10.8. The minimum absolute atomic E-state index is 0.00804. The number of rotatable bonds is 3. The van der Waals surface area contributed by atoms with Crippen LogP contribution >= 0.6 is 11.8 Å². The minimum atomic E-state index is -1.19. The monoisotopic (exact) mass is 798 g/mol. The Morgan fingerprint density at radius 1 is 1.07 bits per heavy atom. The summed E-state index contributed by atoms with van der Waals surface area (Å²) in [6.07, 6.45) is 0.182. The number of hydrogen-bond acceptors (Lipinski definition) is 14. The summed E-state index contributed by atoms with van der Waals surface area (Å²) in [5, 5.41) is 28.9. The Morgan fingerprint density at radius 2 is 1.88 bits per heavy atom. The SMILES string of the molecule is COc1ccc2[nH]c3c(c2c1)CCN[C@]31CS[C@@H]2c3c(OC(C)=O)c(C)c4c(c3[C@H](COCC1=O)N1C2[C@H]2c3c(cc(C)c(OC)c3O)C[C@@H]([C@@H]1O)N2C)OCO4. The second kappa shape index (κ2) is 13.3. The van der Waals surface area contributed by atoms with Crippen molar-refractivity contribution in [1.29, 1.82) is 0 Å². The Labute approximate surface area is 333 Å². The predicted octanol–water partition coefficient (Wildman–Crippen LogP) is 4.23. The smallest absolute Gasteiger partial charge is 0.308 e. The van der Waals surface area contributed by atoms with E-state index in [0.29, 0.717) is 53.5 Å². The fourth-order valence-corrected chi connectivity index (χ4v) is 12.5. The third-order valence-electron chi connectivity index (χ3n) is 13.2. The van der Waals surface area contributed by atoms with E-state index in [-0.39, 0.29) is 43.3 Å². The van der Waals surface area contributed by atoms with E-state index < -0.39 is 41.1 Å². The molecule has 6 aliphatic rings. The maximum absolute atomic E-state index is 14.9. The van der Waals surface area contributed by atoms with Crippen molar-refractivity contribution in [3.05, 3.63) is 68.9 Å². The number of hydrogen-bond donors (Lipinski definition) is 4. The van der Waals surface area contributed by atoms with Gasteiger partial charge in [-0.15, -0.1) is 11.8 Å². The lowest BCUT2D eigenvalue weighted by atomic mass is 9.73. The molecule has 1 fully saturated rings. The lowest BCUT2D eigenvalue weighted by Gasteiger charge is -2.61. The first-order valence-electron chi connectivity index (χ1n) is 19.4. The number of nitrogens with one attached hydrogen (secondary N) is 2. The molecule has 14 nitrogen and oxygen atoms in total. The average molecular weight is 799 g/mol. The topological polar surface area (TPSA) is 164 Å². The van der Waals surface area contributed by atoms with Gasteiger partial charge < -0.3 is 43.6 Å². The highest BCUT2D eigenvalue weighted by atomic mass is 32.2. The summed E-state index contributed by atoms with van der Waals surface area (Å²) in [5.41, 5.74) is 6.03. The van der Waals surface area contributed by atoms with Crippen LogP contribution in [0.25, 0.3) is 10.9 Å². The summed E-state index contributed by atoms with van der Waals surface area (Å²) in [4.78, 5) is 35.8. The summed E-state index contributed by atoms with van der Waals surface area (Å²) in [6.45, 7) is 5.46. The summed E-state index contributed by atoms with van der Waals surface area (Å²) in [7, 11) is 5.18. The zero-order chi connectivity index (χ0) is 39.7. The van der Waals surface area contributed by atoms with Gasteiger partial charge in [0, 0.05) is 64.1 Å². The van der Waals surface area contributed by atoms with Crippen molar-refractivity contribution in [2.45, 2.75) is 74.8 Å². The van der Waals surface area contributed by atoms with Crippen molar-refractivity contribution in [2.24, 2.45) is 0 Å². The molecule has 10 rings (SSSR count). The number of Topliss-reactive ketones (excluding diaryl/α,β-unsaturated/α-hetero) is 1. The van der Waals surface area contributed by atoms with Crippen molar-refractivity contribution >= 4 is 34.4 Å². The number of fused-ring (bicyclic) bond motifs is 13. The molecule has 0 amide bonds. The van der Waals surface area contributed by atoms with Gasteiger partial charge in [-0.3, -0.25) is 24.7 Å². The van der Waals surface area contributed by atoms with E-state index in [9.17, 15) is 19.8 Å². The van der Waals surface area contributed by atoms with E-state index in [0.717, 1.165) is 50.2 Å². The van der Waals surface area contributed by atoms with Gasteiger partial charge in [0.15, 0.2) is 28.8 Å². The van der Waals surface area contributed by atoms with Gasteiger partial charge in [-0.05, 0) is 68.6 Å². The van der Waals surface area contributed by atoms with E-state index in [1.165, 1.54) is 6.92 Å². The van der Waals surface area contributed by atoms with Crippen molar-refractivity contribution in [3.63, 3.8) is 0 Å². The maximum atomic E-state index is 14.9. The van der Waals surface area contributed by atoms with Crippen molar-refractivity contribution in [1.82, 2.24) is 20.1 Å². The van der Waals surface area contributed by atoms with Gasteiger partial charge in [0.05, 0.1) is 44.2 Å². The Balaban J connectivity index is 1.24. The molecular weight excluding hydrogens is 753 g/mol. The van der Waals surface area contributed by atoms with Crippen LogP contribution in [0, 0.1) is 13.8 Å². The molecule has 4 bridgehead atoms. The molecule has 1 aromatic heterocycles. The molecule has 15 heteroatoms. The molecule has 300 valence electrons. The highest BCUT2D eigenvalue weighted by molar-refractivity contribution is 7.99. The molecular formula is C42H46N4O10S. The molecule has 7 heterocycles. The summed E-state index contributed by atoms with van der Waals surface area (Å²) < 4.78 is 36.4. The van der Waals surface area contributed by atoms with Crippen molar-refractivity contribution in [3.8, 4) is 34.5 Å². The standard InChI is InChI=1S/C42H46N4O10S/c1-18-11-21-12-26-41(50)46-27-14-53-15-28(48)42(40-23(9-10-43-42)24-13-22(51-5)7-8-25(24)44-40)16-57-39(33(46)32(45(26)4)29(21)34(49)35(18)52-6)31-30(27)38-37(54-17-55-38)19(2)36(31)56-20(3)47/h7-8,11,13,26-27,32-33,39,41,43-44,49-50H,9-10,12,14-17H2,1-6H3/t26-,27-,32+,33?,39+,41-,42-/m0/s1. The number of esters is 1. The Kier molecular flexibility index (Phi) is 8.56. The number of H-pyrrole nitrogens is 1. The molecule has 4 N–H and O–H groups in total. The molecule has 4 aromatic rings. The molecule has 1 spiro atoms. The first kappa shape index (κ1) is 36.8. The van der Waals surface area contributed by atoms with Crippen molar-refractivity contribution < 1.29 is 48.2 Å². The number of benzene rings is 3. The molecule has 0 aliphatic carbocycles. The molecule has 1 saturated heterocycles. The number of phenols is 1. The Hall–Kier alpha value is -4.51. The number of methoxy groups -OCH3 is 2. The number of thioether (sulfide) groups is 1. The number of aliphatic hydroxyl groups is 1. The second-order valence-corrected chi connectivity index (χ2v) is 17.1. The van der Waals surface area contributed by atoms with Gasteiger partial charge in [0.2, 0.25) is 6.79 Å². The number of aryl methyl sites for hydroxylation is 1. The Morgan fingerprint density at radius 3 is 2.65 bits per heavy atom. The number of piperazine rings is 1. The van der Waals surface area contributed by atoms with Crippen LogP contribution < -0.4 is 29.0 Å². The van der Waals surface area contributed by atoms with Gasteiger partial charge in [0.1, 0.15) is 29.9 Å². The number of aliphatic hydroxyl groups excluding tert-OH is 1. The number of carbonyl (C=O) groups is 2. The fraction of sp³-hybridized carbons (Fsp3) is 0.476. The number of aromatic hydroxyl groups is 1. The van der Waals surface area contributed by atoms with Crippen LogP contribution in [0.2, 0.25) is 0 Å². The second-order valence-electron chi connectivity index (χ2n) is 16.0. The lowest BCUT2D eigenvalue weighted by molar-refractivity contribution is -0.181. The molecule has 6 aliphatic heterocycles. The van der Waals surface area contributed by atoms with Crippen LogP contribution in [-0.4, -0.2) is 109 Å². The Bertz CT molecular complexity index is 2380. The van der Waals surface area contributed by atoms with Gasteiger partial charge in [0.25, 0.3) is 0 Å². The molecule has 0 radical (unpaired) electrons. The van der Waals surface area contributed by atoms with Crippen LogP contribution in [0.4, 0.5) is 0 Å². The van der Waals surface area contributed by atoms with Gasteiger partial charge in [-0.2, -0.15) is 0 Å². The number of aromatic nitrogens is 1. The number of phenolic OH excluding ortho intramolecular Hbond substituents is 1. The predicted molar refractivity (Wildman–Crippen MR) is 210 cm³/mol. The number of likely N-dealkylation sites (N-methyl/N-ethyl adjacent to an activating group) is 1. The van der Waals surface area contributed by atoms with E-state index in [4.69, 9.17) is 28.4 Å². The van der Waals surface area contributed by atoms with Gasteiger partial charge in [-0.1, -0.05) is 6.07 Å². The van der Waals surface area contributed by atoms with E-state index >= 15 is 0 Å². The number of ether oxygens (including phenoxy) is 6. The van der Waals surface area contributed by atoms with Crippen LogP contribution in [0.5, 0.6) is 34.5 Å². The summed E-state index contributed by atoms with van der Waals surface area (Å²) >= 11 is 1.56. The molecule has 57 heavy (non-hydrogen) atoms. The number of carbonyl (C=O) groups excluding carboxylic acids is 2. The van der Waals surface area contributed by atoms with Crippen molar-refractivity contribution in [2.75, 3.05) is 53.6 Å². The first-order valence-corrected chi connectivity index (χ1v) is 20.4. The van der Waals surface area contributed by atoms with Crippen LogP contribution in [0.1, 0.15) is 68.9 Å². The van der Waals surface area contributed by atoms with Crippen LogP contribution in [0.15, 0.2) is 24.3 Å². The number of aromatic amines is 1. The zero-order valence-corrected chi connectivity index (χ0v) is 33.5. The van der Waals surface area contributed by atoms with Gasteiger partial charge in [-0.25, -0.2) is 0 Å². The van der Waals surface area contributed by atoms with Crippen LogP contribution in [-0.2, 0) is 32.7 Å². The third-order valence-corrected chi connectivity index (χ3v) is 14.7. The number of ketones is 1. The largest absolute Gasteiger partial charge is 0.504 e. The van der Waals surface area contributed by atoms with E-state index in [2.05, 4.69) is 26.2 Å². The average Bonchev–Trinajstić information content (AvgIpc) is 3.83. The van der Waals surface area contributed by atoms with Gasteiger partial charge >= 0.3 is 5.97 Å². The lowest BCUT2D eigenvalue weighted by Crippen LogP contribution is -2.69. The number of nitrogens with zero attached hydrogens (tertiary/aromatic N) is 2. The molecule has 0 saturated carbocycles. The zero-order valence-electron chi connectivity index (χ0n) is 32.7. The molecule has 3 aromatic carbocycles. The summed E-state index contributed by atoms with van der Waals surface area (Å²) in [5.74, 6) is 2.16. The first-order chi connectivity index (χ1) is 27.5.